The smallest absolute Gasteiger partial charge is 0.252 e. The number of thioether (sulfide) groups is 1. The van der Waals surface area contributed by atoms with Gasteiger partial charge in [-0.25, -0.2) is 0 Å². The first-order chi connectivity index (χ1) is 13.2. The number of carbonyl (C=O) groups is 1. The van der Waals surface area contributed by atoms with E-state index in [1.165, 1.54) is 0 Å². The van der Waals surface area contributed by atoms with Crippen molar-refractivity contribution in [1.29, 1.82) is 0 Å². The number of aromatic nitrogens is 4. The largest absolute Gasteiger partial charge is 0.494 e. The summed E-state index contributed by atoms with van der Waals surface area (Å²) in [6, 6.07) is 15.0. The Balaban J connectivity index is 1.71. The zero-order valence-electron chi connectivity index (χ0n) is 15.3. The van der Waals surface area contributed by atoms with Crippen LogP contribution in [0.5, 0.6) is 5.75 Å². The predicted octanol–water partition coefficient (Wildman–Crippen LogP) is 3.10. The fourth-order valence-electron chi connectivity index (χ4n) is 2.56. The normalized spacial score (nSPS) is 10.6. The first-order valence-electron chi connectivity index (χ1n) is 8.73. The van der Waals surface area contributed by atoms with Crippen molar-refractivity contribution in [3.63, 3.8) is 0 Å². The lowest BCUT2D eigenvalue weighted by atomic mass is 10.2. The maximum Gasteiger partial charge on any atom is 0.252 e. The molecule has 2 aromatic carbocycles. The summed E-state index contributed by atoms with van der Waals surface area (Å²) in [7, 11) is 0. The summed E-state index contributed by atoms with van der Waals surface area (Å²) in [6.45, 7) is 4.83. The molecule has 0 aliphatic carbocycles. The van der Waals surface area contributed by atoms with Crippen LogP contribution < -0.4 is 10.1 Å². The number of ether oxygens (including phenoxy) is 1. The van der Waals surface area contributed by atoms with Gasteiger partial charge < -0.3 is 10.1 Å². The summed E-state index contributed by atoms with van der Waals surface area (Å²) in [5.74, 6) is 2.09. The van der Waals surface area contributed by atoms with E-state index < -0.39 is 0 Å². The Bertz CT molecular complexity index is 895. The van der Waals surface area contributed by atoms with E-state index in [0.717, 1.165) is 22.1 Å². The van der Waals surface area contributed by atoms with Crippen molar-refractivity contribution >= 4 is 17.7 Å². The third-order valence-electron chi connectivity index (χ3n) is 3.76. The van der Waals surface area contributed by atoms with Gasteiger partial charge in [0.1, 0.15) is 5.75 Å². The second kappa shape index (κ2) is 9.18. The molecule has 0 aliphatic rings. The van der Waals surface area contributed by atoms with E-state index in [1.54, 1.807) is 16.4 Å². The topological polar surface area (TPSA) is 81.9 Å². The number of nitrogens with zero attached hydrogens (tertiary/aromatic N) is 4. The molecule has 1 heterocycles. The fraction of sp³-hybridized carbons (Fsp3) is 0.263. The molecule has 1 aromatic heterocycles. The van der Waals surface area contributed by atoms with Crippen LogP contribution in [0.15, 0.2) is 53.4 Å². The van der Waals surface area contributed by atoms with Crippen LogP contribution in [-0.4, -0.2) is 38.5 Å². The van der Waals surface area contributed by atoms with Crippen LogP contribution in [0.4, 0.5) is 0 Å². The molecular formula is C19H21N5O2S. The van der Waals surface area contributed by atoms with Gasteiger partial charge in [-0.15, -0.1) is 16.9 Å². The molecule has 140 valence electrons. The highest BCUT2D eigenvalue weighted by molar-refractivity contribution is 7.99. The minimum Gasteiger partial charge on any atom is -0.494 e. The molecule has 0 saturated heterocycles. The third-order valence-corrected chi connectivity index (χ3v) is 4.72. The third kappa shape index (κ3) is 4.65. The second-order valence-corrected chi connectivity index (χ2v) is 6.85. The number of carbonyl (C=O) groups excluding carboxylic acids is 1. The minimum atomic E-state index is -0.146. The molecule has 0 atom stereocenters. The van der Waals surface area contributed by atoms with Crippen LogP contribution in [0.1, 0.15) is 30.0 Å². The zero-order chi connectivity index (χ0) is 19.1. The average molecular weight is 383 g/mol. The monoisotopic (exact) mass is 383 g/mol. The van der Waals surface area contributed by atoms with Crippen molar-refractivity contribution < 1.29 is 9.53 Å². The Hall–Kier alpha value is -2.87. The van der Waals surface area contributed by atoms with Gasteiger partial charge in [-0.2, -0.15) is 4.68 Å². The fourth-order valence-corrected chi connectivity index (χ4v) is 3.36. The Kier molecular flexibility index (Phi) is 6.43. The SMILES string of the molecule is CCOc1ccc(-n2nnnc2CNC(=O)c2ccccc2SCC)cc1. The summed E-state index contributed by atoms with van der Waals surface area (Å²) in [5.41, 5.74) is 1.46. The van der Waals surface area contributed by atoms with Gasteiger partial charge in [-0.1, -0.05) is 19.1 Å². The molecule has 7 nitrogen and oxygen atoms in total. The Morgan fingerprint density at radius 1 is 1.15 bits per heavy atom. The molecule has 0 fully saturated rings. The summed E-state index contributed by atoms with van der Waals surface area (Å²) < 4.78 is 7.05. The molecule has 0 saturated carbocycles. The van der Waals surface area contributed by atoms with E-state index >= 15 is 0 Å². The van der Waals surface area contributed by atoms with E-state index in [2.05, 4.69) is 27.8 Å². The Labute approximate surface area is 162 Å². The number of hydrogen-bond donors (Lipinski definition) is 1. The van der Waals surface area contributed by atoms with Crippen molar-refractivity contribution in [2.45, 2.75) is 25.3 Å². The molecule has 0 aliphatic heterocycles. The van der Waals surface area contributed by atoms with Gasteiger partial charge >= 0.3 is 0 Å². The van der Waals surface area contributed by atoms with Crippen LogP contribution >= 0.6 is 11.8 Å². The first kappa shape index (κ1) is 18.9. The lowest BCUT2D eigenvalue weighted by molar-refractivity contribution is 0.0946. The van der Waals surface area contributed by atoms with E-state index in [4.69, 9.17) is 4.74 Å². The number of benzene rings is 2. The Morgan fingerprint density at radius 3 is 2.67 bits per heavy atom. The maximum absolute atomic E-state index is 12.6. The van der Waals surface area contributed by atoms with Gasteiger partial charge in [-0.3, -0.25) is 4.79 Å². The molecular weight excluding hydrogens is 362 g/mol. The number of tetrazole rings is 1. The second-order valence-electron chi connectivity index (χ2n) is 5.55. The predicted molar refractivity (Wildman–Crippen MR) is 104 cm³/mol. The first-order valence-corrected chi connectivity index (χ1v) is 9.72. The maximum atomic E-state index is 12.6. The number of amides is 1. The standard InChI is InChI=1S/C19H21N5O2S/c1-3-26-15-11-9-14(10-12-15)24-18(21-22-23-24)13-20-19(25)16-7-5-6-8-17(16)27-4-2/h5-12H,3-4,13H2,1-2H3,(H,20,25). The van der Waals surface area contributed by atoms with Crippen LogP contribution in [0.25, 0.3) is 5.69 Å². The minimum absolute atomic E-state index is 0.146. The van der Waals surface area contributed by atoms with Crippen LogP contribution in [0, 0.1) is 0 Å². The molecule has 3 rings (SSSR count). The summed E-state index contributed by atoms with van der Waals surface area (Å²) in [5, 5.41) is 14.7. The molecule has 1 N–H and O–H groups in total. The lowest BCUT2D eigenvalue weighted by Gasteiger charge is -2.10. The number of nitrogens with one attached hydrogen (secondary N) is 1. The summed E-state index contributed by atoms with van der Waals surface area (Å²) in [6.07, 6.45) is 0. The lowest BCUT2D eigenvalue weighted by Crippen LogP contribution is -2.25. The van der Waals surface area contributed by atoms with Gasteiger partial charge in [0.2, 0.25) is 0 Å². The highest BCUT2D eigenvalue weighted by Crippen LogP contribution is 2.22. The van der Waals surface area contributed by atoms with E-state index in [9.17, 15) is 4.79 Å². The van der Waals surface area contributed by atoms with Crippen molar-refractivity contribution in [2.24, 2.45) is 0 Å². The van der Waals surface area contributed by atoms with Gasteiger partial charge in [0.05, 0.1) is 24.4 Å². The summed E-state index contributed by atoms with van der Waals surface area (Å²) >= 11 is 1.64. The number of rotatable bonds is 8. The van der Waals surface area contributed by atoms with Gasteiger partial charge in [0, 0.05) is 4.90 Å². The zero-order valence-corrected chi connectivity index (χ0v) is 16.1. The van der Waals surface area contributed by atoms with Gasteiger partial charge in [0.25, 0.3) is 5.91 Å². The molecule has 3 aromatic rings. The molecule has 0 spiro atoms. The van der Waals surface area contributed by atoms with E-state index in [-0.39, 0.29) is 12.5 Å². The van der Waals surface area contributed by atoms with Crippen molar-refractivity contribution in [3.8, 4) is 11.4 Å². The summed E-state index contributed by atoms with van der Waals surface area (Å²) in [4.78, 5) is 13.5. The molecule has 0 radical (unpaired) electrons. The van der Waals surface area contributed by atoms with E-state index in [0.29, 0.717) is 18.0 Å². The quantitative estimate of drug-likeness (QED) is 0.602. The van der Waals surface area contributed by atoms with Gasteiger partial charge in [-0.05, 0) is 59.5 Å². The average Bonchev–Trinajstić information content (AvgIpc) is 3.16. The van der Waals surface area contributed by atoms with Crippen LogP contribution in [0.3, 0.4) is 0 Å². The highest BCUT2D eigenvalue weighted by Gasteiger charge is 2.14. The highest BCUT2D eigenvalue weighted by atomic mass is 32.2. The molecule has 8 heteroatoms. The van der Waals surface area contributed by atoms with Gasteiger partial charge in [0.15, 0.2) is 5.82 Å². The molecule has 27 heavy (non-hydrogen) atoms. The van der Waals surface area contributed by atoms with E-state index in [1.807, 2.05) is 55.5 Å². The molecule has 1 amide bonds. The molecule has 0 bridgehead atoms. The van der Waals surface area contributed by atoms with Crippen molar-refractivity contribution in [2.75, 3.05) is 12.4 Å². The van der Waals surface area contributed by atoms with Crippen LogP contribution in [0.2, 0.25) is 0 Å². The number of hydrogen-bond acceptors (Lipinski definition) is 6. The van der Waals surface area contributed by atoms with Crippen LogP contribution in [-0.2, 0) is 6.54 Å². The molecule has 0 unspecified atom stereocenters. The van der Waals surface area contributed by atoms with Crippen molar-refractivity contribution in [3.05, 3.63) is 59.9 Å². The Morgan fingerprint density at radius 2 is 1.93 bits per heavy atom. The van der Waals surface area contributed by atoms with Crippen molar-refractivity contribution in [1.82, 2.24) is 25.5 Å².